The number of nitrogens with one attached hydrogen (secondary N) is 1. The van der Waals surface area contributed by atoms with Crippen LogP contribution in [0.25, 0.3) is 0 Å². The minimum atomic E-state index is -3.53. The molecule has 1 aliphatic carbocycles. The highest BCUT2D eigenvalue weighted by atomic mass is 32.2. The molecular formula is C12H14F3NO2S. The van der Waals surface area contributed by atoms with Crippen LogP contribution in [0.3, 0.4) is 0 Å². The quantitative estimate of drug-likeness (QED) is 0.873. The molecule has 1 saturated carbocycles. The van der Waals surface area contributed by atoms with E-state index in [9.17, 15) is 21.6 Å². The summed E-state index contributed by atoms with van der Waals surface area (Å²) in [5.41, 5.74) is 0.305. The highest BCUT2D eigenvalue weighted by Crippen LogP contribution is 2.42. The highest BCUT2D eigenvalue weighted by molar-refractivity contribution is 7.89. The van der Waals surface area contributed by atoms with E-state index in [2.05, 4.69) is 4.72 Å². The lowest BCUT2D eigenvalue weighted by atomic mass is 10.1. The normalized spacial score (nSPS) is 22.5. The Morgan fingerprint density at radius 2 is 2.05 bits per heavy atom. The molecule has 1 N–H and O–H groups in total. The molecule has 1 fully saturated rings. The van der Waals surface area contributed by atoms with Gasteiger partial charge in [0.05, 0.1) is 12.4 Å². The molecule has 1 aromatic carbocycles. The molecule has 1 aromatic rings. The molecule has 0 saturated heterocycles. The van der Waals surface area contributed by atoms with Gasteiger partial charge in [-0.2, -0.15) is 0 Å². The van der Waals surface area contributed by atoms with Crippen LogP contribution in [0.5, 0.6) is 0 Å². The number of benzene rings is 1. The zero-order valence-electron chi connectivity index (χ0n) is 10.1. The van der Waals surface area contributed by atoms with Gasteiger partial charge in [0, 0.05) is 18.0 Å². The van der Waals surface area contributed by atoms with Gasteiger partial charge < -0.3 is 0 Å². The molecule has 0 bridgehead atoms. The molecule has 106 valence electrons. The number of hydrogen-bond acceptors (Lipinski definition) is 2. The molecule has 7 heteroatoms. The summed E-state index contributed by atoms with van der Waals surface area (Å²) < 4.78 is 63.6. The van der Waals surface area contributed by atoms with Gasteiger partial charge in [-0.25, -0.2) is 21.9 Å². The van der Waals surface area contributed by atoms with Gasteiger partial charge >= 0.3 is 0 Å². The number of hydrogen-bond donors (Lipinski definition) is 1. The van der Waals surface area contributed by atoms with Crippen molar-refractivity contribution in [2.24, 2.45) is 0 Å². The average Bonchev–Trinajstić information content (AvgIpc) is 3.04. The second-order valence-electron chi connectivity index (χ2n) is 4.59. The summed E-state index contributed by atoms with van der Waals surface area (Å²) in [4.78, 5) is 0. The first-order chi connectivity index (χ1) is 8.93. The van der Waals surface area contributed by atoms with E-state index in [4.69, 9.17) is 0 Å². The van der Waals surface area contributed by atoms with Crippen LogP contribution in [0, 0.1) is 11.6 Å². The molecule has 0 aromatic heterocycles. The molecule has 0 aliphatic heterocycles. The van der Waals surface area contributed by atoms with Crippen molar-refractivity contribution in [1.29, 1.82) is 0 Å². The average molecular weight is 293 g/mol. The molecule has 19 heavy (non-hydrogen) atoms. The molecule has 2 atom stereocenters. The van der Waals surface area contributed by atoms with Gasteiger partial charge in [-0.15, -0.1) is 0 Å². The highest BCUT2D eigenvalue weighted by Gasteiger charge is 2.42. The summed E-state index contributed by atoms with van der Waals surface area (Å²) in [6, 6.07) is 2.86. The van der Waals surface area contributed by atoms with Gasteiger partial charge in [0.2, 0.25) is 10.0 Å². The van der Waals surface area contributed by atoms with Crippen molar-refractivity contribution in [3.63, 3.8) is 0 Å². The van der Waals surface area contributed by atoms with Gasteiger partial charge in [0.25, 0.3) is 0 Å². The van der Waals surface area contributed by atoms with Gasteiger partial charge in [0.15, 0.2) is 0 Å². The van der Waals surface area contributed by atoms with E-state index in [-0.39, 0.29) is 24.1 Å². The number of rotatable bonds is 6. The first-order valence-electron chi connectivity index (χ1n) is 5.94. The van der Waals surface area contributed by atoms with Crippen LogP contribution in [-0.2, 0) is 10.0 Å². The first kappa shape index (κ1) is 14.3. The van der Waals surface area contributed by atoms with Crippen LogP contribution in [-0.4, -0.2) is 26.9 Å². The van der Waals surface area contributed by atoms with Crippen molar-refractivity contribution in [3.8, 4) is 0 Å². The fraction of sp³-hybridized carbons (Fsp3) is 0.500. The lowest BCUT2D eigenvalue weighted by Gasteiger charge is -2.06. The Kier molecular flexibility index (Phi) is 4.15. The summed E-state index contributed by atoms with van der Waals surface area (Å²) in [5, 5.41) is 0. The van der Waals surface area contributed by atoms with E-state index in [1.165, 1.54) is 6.07 Å². The molecule has 0 heterocycles. The number of alkyl halides is 1. The molecule has 0 radical (unpaired) electrons. The number of sulfonamides is 1. The van der Waals surface area contributed by atoms with E-state index in [0.29, 0.717) is 12.0 Å². The number of halogens is 3. The van der Waals surface area contributed by atoms with Crippen molar-refractivity contribution in [2.75, 3.05) is 12.4 Å². The van der Waals surface area contributed by atoms with Gasteiger partial charge in [-0.1, -0.05) is 6.07 Å². The van der Waals surface area contributed by atoms with Crippen molar-refractivity contribution < 1.29 is 21.6 Å². The molecule has 1 aliphatic rings. The van der Waals surface area contributed by atoms with E-state index < -0.39 is 28.3 Å². The summed E-state index contributed by atoms with van der Waals surface area (Å²) in [6.45, 7) is -0.693. The van der Waals surface area contributed by atoms with Crippen LogP contribution in [0.1, 0.15) is 24.3 Å². The Hall–Kier alpha value is -1.08. The molecule has 0 amide bonds. The van der Waals surface area contributed by atoms with Crippen LogP contribution in [0.15, 0.2) is 18.2 Å². The van der Waals surface area contributed by atoms with Gasteiger partial charge in [0.1, 0.15) is 11.6 Å². The van der Waals surface area contributed by atoms with Gasteiger partial charge in [-0.05, 0) is 24.5 Å². The molecule has 0 unspecified atom stereocenters. The largest absolute Gasteiger partial charge is 0.251 e. The lowest BCUT2D eigenvalue weighted by molar-refractivity contribution is 0.483. The summed E-state index contributed by atoms with van der Waals surface area (Å²) in [7, 11) is -3.53. The SMILES string of the molecule is O=S(=O)(CCCF)N[C@H]1C[C@H]1c1ccc(F)cc1F. The third-order valence-electron chi connectivity index (χ3n) is 3.03. The summed E-state index contributed by atoms with van der Waals surface area (Å²) in [5.74, 6) is -1.89. The Morgan fingerprint density at radius 1 is 1.32 bits per heavy atom. The molecule has 0 spiro atoms. The van der Waals surface area contributed by atoms with E-state index >= 15 is 0 Å². The third-order valence-corrected chi connectivity index (χ3v) is 4.52. The van der Waals surface area contributed by atoms with Crippen LogP contribution >= 0.6 is 0 Å². The standard InChI is InChI=1S/C12H14F3NO2S/c13-4-1-5-19(17,18)16-12-7-10(12)9-3-2-8(14)6-11(9)15/h2-3,6,10,12,16H,1,4-5,7H2/t10-,12-/m0/s1. The van der Waals surface area contributed by atoms with E-state index in [0.717, 1.165) is 12.1 Å². The van der Waals surface area contributed by atoms with Crippen molar-refractivity contribution in [3.05, 3.63) is 35.4 Å². The first-order valence-corrected chi connectivity index (χ1v) is 7.59. The zero-order chi connectivity index (χ0) is 14.0. The van der Waals surface area contributed by atoms with E-state index in [1.54, 1.807) is 0 Å². The fourth-order valence-corrected chi connectivity index (χ4v) is 3.33. The van der Waals surface area contributed by atoms with Crippen LogP contribution < -0.4 is 4.72 Å². The second kappa shape index (κ2) is 5.50. The molecule has 3 nitrogen and oxygen atoms in total. The predicted octanol–water partition coefficient (Wildman–Crippen LogP) is 2.10. The Labute approximate surface area is 109 Å². The zero-order valence-corrected chi connectivity index (χ0v) is 10.9. The Balaban J connectivity index is 1.97. The van der Waals surface area contributed by atoms with Crippen molar-refractivity contribution in [2.45, 2.75) is 24.8 Å². The Morgan fingerprint density at radius 3 is 2.68 bits per heavy atom. The maximum atomic E-state index is 13.5. The van der Waals surface area contributed by atoms with E-state index in [1.807, 2.05) is 0 Å². The Bertz CT molecular complexity index is 562. The topological polar surface area (TPSA) is 46.2 Å². The second-order valence-corrected chi connectivity index (χ2v) is 6.47. The van der Waals surface area contributed by atoms with Gasteiger partial charge in [-0.3, -0.25) is 4.39 Å². The minimum Gasteiger partial charge on any atom is -0.251 e. The maximum absolute atomic E-state index is 13.5. The lowest BCUT2D eigenvalue weighted by Crippen LogP contribution is -2.29. The molecule has 2 rings (SSSR count). The van der Waals surface area contributed by atoms with Crippen LogP contribution in [0.2, 0.25) is 0 Å². The van der Waals surface area contributed by atoms with Crippen LogP contribution in [0.4, 0.5) is 13.2 Å². The third kappa shape index (κ3) is 3.70. The molecular weight excluding hydrogens is 279 g/mol. The fourth-order valence-electron chi connectivity index (χ4n) is 2.01. The predicted molar refractivity (Wildman–Crippen MR) is 65.0 cm³/mol. The minimum absolute atomic E-state index is 0.0579. The summed E-state index contributed by atoms with van der Waals surface area (Å²) >= 11 is 0. The smallest absolute Gasteiger partial charge is 0.211 e. The monoisotopic (exact) mass is 293 g/mol. The maximum Gasteiger partial charge on any atom is 0.211 e. The van der Waals surface area contributed by atoms with Crippen molar-refractivity contribution in [1.82, 2.24) is 4.72 Å². The summed E-state index contributed by atoms with van der Waals surface area (Å²) in [6.07, 6.45) is 0.412. The van der Waals surface area contributed by atoms with Crippen molar-refractivity contribution >= 4 is 10.0 Å².